The Morgan fingerprint density at radius 3 is 2.45 bits per heavy atom. The molecule has 0 amide bonds. The van der Waals surface area contributed by atoms with Gasteiger partial charge in [-0.05, 0) is 0 Å². The zero-order valence-electron chi connectivity index (χ0n) is 6.18. The Morgan fingerprint density at radius 2 is 2.00 bits per heavy atom. The van der Waals surface area contributed by atoms with Crippen molar-refractivity contribution in [1.82, 2.24) is 4.90 Å². The van der Waals surface area contributed by atoms with Gasteiger partial charge < -0.3 is 9.64 Å². The fourth-order valence-electron chi connectivity index (χ4n) is 0.918. The van der Waals surface area contributed by atoms with Crippen molar-refractivity contribution in [3.05, 3.63) is 0 Å². The van der Waals surface area contributed by atoms with Crippen LogP contribution < -0.4 is 0 Å². The standard InChI is InChI=1S/C6H11ClN2O.ClH/c7-5-6(8)9-1-3-10-4-2-9;/h8H,1-5H2;1H. The second-order valence-corrected chi connectivity index (χ2v) is 2.45. The van der Waals surface area contributed by atoms with Crippen LogP contribution in [-0.4, -0.2) is 42.9 Å². The first kappa shape index (κ1) is 11.0. The lowest BCUT2D eigenvalue weighted by Crippen LogP contribution is -2.40. The number of nitrogens with zero attached hydrogens (tertiary/aromatic N) is 1. The topological polar surface area (TPSA) is 36.3 Å². The molecule has 0 atom stereocenters. The average Bonchev–Trinajstić information content (AvgIpc) is 2.05. The molecule has 0 aliphatic carbocycles. The van der Waals surface area contributed by atoms with Crippen LogP contribution in [0.4, 0.5) is 0 Å². The van der Waals surface area contributed by atoms with Crippen molar-refractivity contribution < 1.29 is 4.74 Å². The van der Waals surface area contributed by atoms with E-state index in [1.165, 1.54) is 0 Å². The van der Waals surface area contributed by atoms with Crippen LogP contribution in [-0.2, 0) is 4.74 Å². The molecule has 1 saturated heterocycles. The molecule has 0 saturated carbocycles. The molecule has 5 heteroatoms. The van der Waals surface area contributed by atoms with Gasteiger partial charge in [0, 0.05) is 13.1 Å². The highest BCUT2D eigenvalue weighted by Crippen LogP contribution is 1.98. The number of nitrogens with one attached hydrogen (secondary N) is 1. The molecule has 1 rings (SSSR count). The summed E-state index contributed by atoms with van der Waals surface area (Å²) in [5.74, 6) is 0.810. The first-order valence-corrected chi connectivity index (χ1v) is 3.84. The molecule has 0 aromatic heterocycles. The van der Waals surface area contributed by atoms with Crippen molar-refractivity contribution in [3.8, 4) is 0 Å². The Balaban J connectivity index is 0.000001000. The second kappa shape index (κ2) is 5.63. The van der Waals surface area contributed by atoms with Crippen molar-refractivity contribution in [2.75, 3.05) is 32.2 Å². The summed E-state index contributed by atoms with van der Waals surface area (Å²) in [4.78, 5) is 1.94. The van der Waals surface area contributed by atoms with E-state index in [4.69, 9.17) is 21.7 Å². The van der Waals surface area contributed by atoms with Gasteiger partial charge in [0.15, 0.2) is 0 Å². The van der Waals surface area contributed by atoms with Crippen LogP contribution in [0.2, 0.25) is 0 Å². The van der Waals surface area contributed by atoms with Crippen molar-refractivity contribution in [3.63, 3.8) is 0 Å². The van der Waals surface area contributed by atoms with Crippen LogP contribution in [0.1, 0.15) is 0 Å². The Hall–Kier alpha value is 0.01000. The Bertz CT molecular complexity index is 126. The van der Waals surface area contributed by atoms with Gasteiger partial charge >= 0.3 is 0 Å². The van der Waals surface area contributed by atoms with Crippen LogP contribution in [0.3, 0.4) is 0 Å². The van der Waals surface area contributed by atoms with Crippen LogP contribution in [0, 0.1) is 5.41 Å². The highest BCUT2D eigenvalue weighted by Gasteiger charge is 2.11. The summed E-state index contributed by atoms with van der Waals surface area (Å²) in [6.45, 7) is 3.07. The third-order valence-electron chi connectivity index (χ3n) is 1.52. The maximum atomic E-state index is 7.37. The Labute approximate surface area is 77.6 Å². The lowest BCUT2D eigenvalue weighted by atomic mass is 10.4. The van der Waals surface area contributed by atoms with E-state index in [-0.39, 0.29) is 12.4 Å². The van der Waals surface area contributed by atoms with E-state index in [0.717, 1.165) is 26.3 Å². The molecule has 1 fully saturated rings. The van der Waals surface area contributed by atoms with Crippen molar-refractivity contribution in [2.45, 2.75) is 0 Å². The molecule has 0 aromatic carbocycles. The summed E-state index contributed by atoms with van der Waals surface area (Å²) in [6.07, 6.45) is 0. The van der Waals surface area contributed by atoms with Gasteiger partial charge in [0.25, 0.3) is 0 Å². The van der Waals surface area contributed by atoms with Crippen LogP contribution in [0.5, 0.6) is 0 Å². The molecule has 1 heterocycles. The summed E-state index contributed by atoms with van der Waals surface area (Å²) >= 11 is 5.48. The fourth-order valence-corrected chi connectivity index (χ4v) is 1.09. The van der Waals surface area contributed by atoms with Crippen LogP contribution in [0.15, 0.2) is 0 Å². The summed E-state index contributed by atoms with van der Waals surface area (Å²) in [5.41, 5.74) is 0. The molecular formula is C6H12Cl2N2O. The van der Waals surface area contributed by atoms with Gasteiger partial charge in [-0.15, -0.1) is 24.0 Å². The van der Waals surface area contributed by atoms with E-state index in [9.17, 15) is 0 Å². The van der Waals surface area contributed by atoms with Crippen molar-refractivity contribution in [1.29, 1.82) is 5.41 Å². The lowest BCUT2D eigenvalue weighted by molar-refractivity contribution is 0.0676. The normalized spacial score (nSPS) is 17.4. The van der Waals surface area contributed by atoms with Gasteiger partial charge in [-0.2, -0.15) is 0 Å². The maximum Gasteiger partial charge on any atom is 0.111 e. The molecule has 11 heavy (non-hydrogen) atoms. The molecular weight excluding hydrogens is 187 g/mol. The average molecular weight is 199 g/mol. The number of amidine groups is 1. The molecule has 0 bridgehead atoms. The number of ether oxygens (including phenoxy) is 1. The minimum absolute atomic E-state index is 0. The minimum atomic E-state index is 0. The molecule has 66 valence electrons. The van der Waals surface area contributed by atoms with E-state index < -0.39 is 0 Å². The first-order valence-electron chi connectivity index (χ1n) is 3.30. The molecule has 0 unspecified atom stereocenters. The number of hydrogen-bond acceptors (Lipinski definition) is 2. The zero-order chi connectivity index (χ0) is 7.40. The Kier molecular flexibility index (Phi) is 5.64. The first-order chi connectivity index (χ1) is 4.84. The summed E-state index contributed by atoms with van der Waals surface area (Å²) in [6, 6.07) is 0. The SMILES string of the molecule is Cl.N=C(CCl)N1CCOCC1. The minimum Gasteiger partial charge on any atom is -0.378 e. The second-order valence-electron chi connectivity index (χ2n) is 2.18. The maximum absolute atomic E-state index is 7.37. The number of alkyl halides is 1. The van der Waals surface area contributed by atoms with Crippen molar-refractivity contribution in [2.24, 2.45) is 0 Å². The molecule has 1 aliphatic heterocycles. The summed E-state index contributed by atoms with van der Waals surface area (Å²) < 4.78 is 5.11. The Morgan fingerprint density at radius 1 is 1.45 bits per heavy atom. The van der Waals surface area contributed by atoms with Gasteiger partial charge in [-0.1, -0.05) is 0 Å². The summed E-state index contributed by atoms with van der Waals surface area (Å²) in [5, 5.41) is 7.37. The quantitative estimate of drug-likeness (QED) is 0.388. The third kappa shape index (κ3) is 3.27. The number of morpholine rings is 1. The molecule has 3 nitrogen and oxygen atoms in total. The van der Waals surface area contributed by atoms with E-state index in [1.54, 1.807) is 0 Å². The van der Waals surface area contributed by atoms with E-state index >= 15 is 0 Å². The van der Waals surface area contributed by atoms with E-state index in [1.807, 2.05) is 4.90 Å². The number of hydrogen-bond donors (Lipinski definition) is 1. The molecule has 0 spiro atoms. The largest absolute Gasteiger partial charge is 0.378 e. The predicted octanol–water partition coefficient (Wildman–Crippen LogP) is 0.956. The molecule has 0 radical (unpaired) electrons. The van der Waals surface area contributed by atoms with E-state index in [0.29, 0.717) is 11.7 Å². The monoisotopic (exact) mass is 198 g/mol. The molecule has 0 aromatic rings. The molecule has 1 aliphatic rings. The fraction of sp³-hybridized carbons (Fsp3) is 0.833. The van der Waals surface area contributed by atoms with E-state index in [2.05, 4.69) is 0 Å². The zero-order valence-corrected chi connectivity index (χ0v) is 7.75. The highest BCUT2D eigenvalue weighted by atomic mass is 35.5. The lowest BCUT2D eigenvalue weighted by Gasteiger charge is -2.27. The number of rotatable bonds is 1. The van der Waals surface area contributed by atoms with Gasteiger partial charge in [-0.25, -0.2) is 0 Å². The van der Waals surface area contributed by atoms with Gasteiger partial charge in [-0.3, -0.25) is 5.41 Å². The highest BCUT2D eigenvalue weighted by molar-refractivity contribution is 6.27. The van der Waals surface area contributed by atoms with Gasteiger partial charge in [0.1, 0.15) is 5.84 Å². The van der Waals surface area contributed by atoms with Crippen molar-refractivity contribution >= 4 is 29.8 Å². The van der Waals surface area contributed by atoms with Gasteiger partial charge in [0.2, 0.25) is 0 Å². The molecule has 1 N–H and O–H groups in total. The van der Waals surface area contributed by atoms with Crippen LogP contribution >= 0.6 is 24.0 Å². The summed E-state index contributed by atoms with van der Waals surface area (Å²) in [7, 11) is 0. The van der Waals surface area contributed by atoms with Gasteiger partial charge in [0.05, 0.1) is 19.1 Å². The van der Waals surface area contributed by atoms with Crippen LogP contribution in [0.25, 0.3) is 0 Å². The third-order valence-corrected chi connectivity index (χ3v) is 1.77. The smallest absolute Gasteiger partial charge is 0.111 e. The number of halogens is 2. The predicted molar refractivity (Wildman–Crippen MR) is 48.1 cm³/mol.